The molecule has 0 unspecified atom stereocenters. The lowest BCUT2D eigenvalue weighted by Gasteiger charge is -2.20. The molecule has 0 fully saturated rings. The Morgan fingerprint density at radius 3 is 2.18 bits per heavy atom. The fourth-order valence-corrected chi connectivity index (χ4v) is 3.09. The minimum absolute atomic E-state index is 0. The Bertz CT molecular complexity index is 220. The van der Waals surface area contributed by atoms with Crippen molar-refractivity contribution in [2.45, 2.75) is 59.3 Å². The first kappa shape index (κ1) is 17.0. The molecule has 1 N–H and O–H groups in total. The number of nitrogens with one attached hydrogen (secondary N) is 1. The smallest absolute Gasteiger partial charge is 0.148 e. The van der Waals surface area contributed by atoms with Crippen molar-refractivity contribution in [2.24, 2.45) is 11.8 Å². The molecule has 0 aromatic carbocycles. The van der Waals surface area contributed by atoms with Crippen LogP contribution >= 0.6 is 11.8 Å². The Balaban J connectivity index is 0. The summed E-state index contributed by atoms with van der Waals surface area (Å²) >= 11 is 1.82. The molecule has 0 amide bonds. The van der Waals surface area contributed by atoms with E-state index in [0.29, 0.717) is 17.7 Å². The Morgan fingerprint density at radius 1 is 1.18 bits per heavy atom. The molecule has 0 aliphatic heterocycles. The number of rotatable bonds is 9. The summed E-state index contributed by atoms with van der Waals surface area (Å²) in [5.41, 5.74) is 0. The standard InChI is InChI=1S/C14H29NOS.H2/c1-10(2)9-13(14(16)11(3)4)17-8-7-15-12(5)6;/h10-13,15H,7-9H2,1-6H3;1H/t13-;/m1./s1. The summed E-state index contributed by atoms with van der Waals surface area (Å²) in [4.78, 5) is 12.1. The fraction of sp³-hybridized carbons (Fsp3) is 0.929. The molecule has 17 heavy (non-hydrogen) atoms. The van der Waals surface area contributed by atoms with Crippen LogP contribution in [0.4, 0.5) is 0 Å². The molecule has 0 aliphatic carbocycles. The Morgan fingerprint density at radius 2 is 1.76 bits per heavy atom. The topological polar surface area (TPSA) is 29.1 Å². The van der Waals surface area contributed by atoms with Crippen molar-refractivity contribution in [3.8, 4) is 0 Å². The van der Waals surface area contributed by atoms with Gasteiger partial charge in [0.15, 0.2) is 0 Å². The maximum Gasteiger partial charge on any atom is 0.148 e. The number of hydrogen-bond donors (Lipinski definition) is 1. The van der Waals surface area contributed by atoms with E-state index in [2.05, 4.69) is 33.0 Å². The van der Waals surface area contributed by atoms with Crippen LogP contribution in [0.3, 0.4) is 0 Å². The molecule has 1 atom stereocenters. The van der Waals surface area contributed by atoms with Crippen LogP contribution in [-0.2, 0) is 4.79 Å². The van der Waals surface area contributed by atoms with E-state index in [4.69, 9.17) is 0 Å². The van der Waals surface area contributed by atoms with Gasteiger partial charge in [0.1, 0.15) is 5.78 Å². The second kappa shape index (κ2) is 8.98. The van der Waals surface area contributed by atoms with Crippen molar-refractivity contribution < 1.29 is 6.22 Å². The fourth-order valence-electron chi connectivity index (χ4n) is 1.62. The number of thioether (sulfide) groups is 1. The van der Waals surface area contributed by atoms with Gasteiger partial charge in [0, 0.05) is 25.7 Å². The Hall–Kier alpha value is -0.0200. The van der Waals surface area contributed by atoms with Gasteiger partial charge < -0.3 is 5.32 Å². The maximum atomic E-state index is 12.1. The third kappa shape index (κ3) is 8.67. The lowest BCUT2D eigenvalue weighted by Crippen LogP contribution is -2.28. The van der Waals surface area contributed by atoms with Gasteiger partial charge in [-0.2, -0.15) is 0 Å². The van der Waals surface area contributed by atoms with E-state index in [1.54, 1.807) is 0 Å². The highest BCUT2D eigenvalue weighted by molar-refractivity contribution is 8.00. The molecule has 0 spiro atoms. The highest BCUT2D eigenvalue weighted by atomic mass is 32.2. The molecule has 0 heterocycles. The van der Waals surface area contributed by atoms with Crippen molar-refractivity contribution in [1.29, 1.82) is 0 Å². The highest BCUT2D eigenvalue weighted by Gasteiger charge is 2.22. The van der Waals surface area contributed by atoms with Gasteiger partial charge in [0.25, 0.3) is 0 Å². The van der Waals surface area contributed by atoms with E-state index in [9.17, 15) is 4.79 Å². The lowest BCUT2D eigenvalue weighted by molar-refractivity contribution is -0.121. The zero-order valence-corrected chi connectivity index (χ0v) is 13.1. The van der Waals surface area contributed by atoms with E-state index in [1.165, 1.54) is 0 Å². The predicted molar refractivity (Wildman–Crippen MR) is 80.8 cm³/mol. The van der Waals surface area contributed by atoms with Crippen molar-refractivity contribution in [3.05, 3.63) is 0 Å². The van der Waals surface area contributed by atoms with Crippen molar-refractivity contribution in [2.75, 3.05) is 12.3 Å². The van der Waals surface area contributed by atoms with Gasteiger partial charge in [-0.05, 0) is 12.3 Å². The van der Waals surface area contributed by atoms with Gasteiger partial charge in [0.2, 0.25) is 0 Å². The maximum absolute atomic E-state index is 12.1. The summed E-state index contributed by atoms with van der Waals surface area (Å²) in [5, 5.41) is 3.57. The molecule has 0 radical (unpaired) electrons. The van der Waals surface area contributed by atoms with E-state index >= 15 is 0 Å². The summed E-state index contributed by atoms with van der Waals surface area (Å²) < 4.78 is 0. The molecule has 2 nitrogen and oxygen atoms in total. The third-order valence-corrected chi connectivity index (χ3v) is 3.81. The van der Waals surface area contributed by atoms with Gasteiger partial charge in [-0.15, -0.1) is 11.8 Å². The monoisotopic (exact) mass is 261 g/mol. The van der Waals surface area contributed by atoms with E-state index in [-0.39, 0.29) is 12.6 Å². The molecule has 0 aromatic heterocycles. The molecule has 0 aromatic rings. The average molecular weight is 261 g/mol. The average Bonchev–Trinajstić information content (AvgIpc) is 2.20. The zero-order chi connectivity index (χ0) is 13.4. The summed E-state index contributed by atoms with van der Waals surface area (Å²) in [7, 11) is 0. The van der Waals surface area contributed by atoms with Crippen LogP contribution in [0.25, 0.3) is 0 Å². The zero-order valence-electron chi connectivity index (χ0n) is 12.2. The second-order valence-electron chi connectivity index (χ2n) is 5.65. The number of carbonyl (C=O) groups is 1. The minimum Gasteiger partial charge on any atom is -0.314 e. The van der Waals surface area contributed by atoms with E-state index < -0.39 is 0 Å². The molecule has 0 aliphatic rings. The normalized spacial score (nSPS) is 13.7. The number of carbonyl (C=O) groups excluding carboxylic acids is 1. The SMILES string of the molecule is CC(C)C[C@@H](SCCNC(C)C)C(=O)C(C)C.[HH]. The van der Waals surface area contributed by atoms with Gasteiger partial charge in [0.05, 0.1) is 5.25 Å². The van der Waals surface area contributed by atoms with Gasteiger partial charge >= 0.3 is 0 Å². The van der Waals surface area contributed by atoms with Gasteiger partial charge in [-0.1, -0.05) is 41.5 Å². The molecule has 0 saturated heterocycles. The summed E-state index contributed by atoms with van der Waals surface area (Å²) in [6, 6.07) is 0.528. The quantitative estimate of drug-likeness (QED) is 0.643. The molecular formula is C14H31NOS. The number of Topliss-reactive ketones (excluding diaryl/α,β-unsaturated/α-hetero) is 1. The van der Waals surface area contributed by atoms with Crippen molar-refractivity contribution in [1.82, 2.24) is 5.32 Å². The van der Waals surface area contributed by atoms with Crippen molar-refractivity contribution in [3.63, 3.8) is 0 Å². The first-order chi connectivity index (χ1) is 7.84. The van der Waals surface area contributed by atoms with Crippen molar-refractivity contribution >= 4 is 17.5 Å². The van der Waals surface area contributed by atoms with Crippen LogP contribution in [-0.4, -0.2) is 29.4 Å². The Kier molecular flexibility index (Phi) is 8.97. The van der Waals surface area contributed by atoms with Crippen LogP contribution in [0, 0.1) is 11.8 Å². The van der Waals surface area contributed by atoms with Crippen LogP contribution in [0.15, 0.2) is 0 Å². The second-order valence-corrected chi connectivity index (χ2v) is 6.97. The molecule has 0 bridgehead atoms. The van der Waals surface area contributed by atoms with Crippen LogP contribution < -0.4 is 5.32 Å². The van der Waals surface area contributed by atoms with Gasteiger partial charge in [-0.3, -0.25) is 4.79 Å². The Labute approximate surface area is 113 Å². The highest BCUT2D eigenvalue weighted by Crippen LogP contribution is 2.22. The van der Waals surface area contributed by atoms with Crippen LogP contribution in [0.2, 0.25) is 0 Å². The largest absolute Gasteiger partial charge is 0.314 e. The van der Waals surface area contributed by atoms with Crippen LogP contribution in [0.1, 0.15) is 49.4 Å². The van der Waals surface area contributed by atoms with E-state index in [1.807, 2.05) is 25.6 Å². The lowest BCUT2D eigenvalue weighted by atomic mass is 9.99. The van der Waals surface area contributed by atoms with E-state index in [0.717, 1.165) is 18.7 Å². The van der Waals surface area contributed by atoms with Gasteiger partial charge in [-0.25, -0.2) is 0 Å². The molecule has 3 heteroatoms. The first-order valence-corrected chi connectivity index (χ1v) is 7.78. The predicted octanol–water partition coefficient (Wildman–Crippen LogP) is 3.60. The minimum atomic E-state index is 0. The summed E-state index contributed by atoms with van der Waals surface area (Å²) in [5.74, 6) is 2.18. The summed E-state index contributed by atoms with van der Waals surface area (Å²) in [6.07, 6.45) is 1.00. The molecular weight excluding hydrogens is 230 g/mol. The van der Waals surface area contributed by atoms with Crippen LogP contribution in [0.5, 0.6) is 0 Å². The first-order valence-electron chi connectivity index (χ1n) is 6.73. The molecule has 0 rings (SSSR count). The number of hydrogen-bond acceptors (Lipinski definition) is 3. The number of ketones is 1. The molecule has 0 saturated carbocycles. The third-order valence-electron chi connectivity index (χ3n) is 2.55. The molecule has 104 valence electrons. The summed E-state index contributed by atoms with van der Waals surface area (Å²) in [6.45, 7) is 13.7.